The van der Waals surface area contributed by atoms with Crippen LogP contribution in [-0.4, -0.2) is 17.7 Å². The minimum atomic E-state index is -0.481. The average Bonchev–Trinajstić information content (AvgIpc) is 2.79. The number of hydrogen-bond donors (Lipinski definition) is 2. The molecule has 4 rings (SSSR count). The summed E-state index contributed by atoms with van der Waals surface area (Å²) in [6.45, 7) is 0.801. The Hall–Kier alpha value is -2.27. The minimum absolute atomic E-state index is 0.209. The van der Waals surface area contributed by atoms with E-state index in [4.69, 9.17) is 0 Å². The molecule has 3 aromatic carbocycles. The Morgan fingerprint density at radius 2 is 1.50 bits per heavy atom. The fourth-order valence-corrected chi connectivity index (χ4v) is 4.20. The van der Waals surface area contributed by atoms with Gasteiger partial charge < -0.3 is 10.4 Å². The van der Waals surface area contributed by atoms with Crippen LogP contribution in [0, 0.1) is 5.82 Å². The van der Waals surface area contributed by atoms with Gasteiger partial charge in [-0.25, -0.2) is 4.39 Å². The third kappa shape index (κ3) is 5.25. The van der Waals surface area contributed by atoms with E-state index in [0.29, 0.717) is 12.5 Å². The molecule has 0 aromatic heterocycles. The fourth-order valence-electron chi connectivity index (χ4n) is 3.94. The molecule has 0 spiro atoms. The van der Waals surface area contributed by atoms with E-state index in [1.165, 1.54) is 17.7 Å². The molecular weight excluding hydrogens is 441 g/mol. The molecule has 2 N–H and O–H groups in total. The minimum Gasteiger partial charge on any atom is -0.388 e. The quantitative estimate of drug-likeness (QED) is 0.434. The topological polar surface area (TPSA) is 32.3 Å². The van der Waals surface area contributed by atoms with Crippen LogP contribution < -0.4 is 5.32 Å². The summed E-state index contributed by atoms with van der Waals surface area (Å²) in [5, 5.41) is 14.2. The summed E-state index contributed by atoms with van der Waals surface area (Å²) < 4.78 is 14.2. The number of aliphatic hydroxyl groups excluding tert-OH is 1. The molecule has 1 aliphatic rings. The molecule has 1 aliphatic heterocycles. The Morgan fingerprint density at radius 1 is 0.900 bits per heavy atom. The van der Waals surface area contributed by atoms with Gasteiger partial charge in [0.2, 0.25) is 0 Å². The molecule has 3 aromatic rings. The zero-order chi connectivity index (χ0) is 20.9. The molecule has 0 radical (unpaired) electrons. The Kier molecular flexibility index (Phi) is 6.78. The first-order valence-electron chi connectivity index (χ1n) is 10.3. The summed E-state index contributed by atoms with van der Waals surface area (Å²) in [5.74, 6) is -0.209. The van der Waals surface area contributed by atoms with E-state index in [1.54, 1.807) is 0 Å². The van der Waals surface area contributed by atoms with Crippen LogP contribution >= 0.6 is 15.9 Å². The van der Waals surface area contributed by atoms with Crippen LogP contribution in [0.4, 0.5) is 4.39 Å². The maximum Gasteiger partial charge on any atom is 0.123 e. The van der Waals surface area contributed by atoms with E-state index in [-0.39, 0.29) is 5.82 Å². The van der Waals surface area contributed by atoms with E-state index >= 15 is 0 Å². The van der Waals surface area contributed by atoms with Gasteiger partial charge in [0, 0.05) is 17.1 Å². The first kappa shape index (κ1) is 21.0. The number of hydrogen-bond acceptors (Lipinski definition) is 2. The lowest BCUT2D eigenvalue weighted by atomic mass is 9.91. The molecule has 30 heavy (non-hydrogen) atoms. The average molecular weight is 466 g/mol. The van der Waals surface area contributed by atoms with E-state index < -0.39 is 6.10 Å². The predicted molar refractivity (Wildman–Crippen MR) is 125 cm³/mol. The van der Waals surface area contributed by atoms with Gasteiger partial charge in [-0.15, -0.1) is 0 Å². The highest BCUT2D eigenvalue weighted by Crippen LogP contribution is 2.28. The van der Waals surface area contributed by atoms with Gasteiger partial charge in [0.15, 0.2) is 0 Å². The summed E-state index contributed by atoms with van der Waals surface area (Å²) in [4.78, 5) is 0. The third-order valence-electron chi connectivity index (χ3n) is 5.70. The van der Waals surface area contributed by atoms with Crippen molar-refractivity contribution in [1.82, 2.24) is 5.32 Å². The highest BCUT2D eigenvalue weighted by molar-refractivity contribution is 9.10. The van der Waals surface area contributed by atoms with Gasteiger partial charge >= 0.3 is 0 Å². The molecule has 0 saturated carbocycles. The van der Waals surface area contributed by atoms with Crippen molar-refractivity contribution in [2.75, 3.05) is 6.54 Å². The Bertz CT molecular complexity index is 997. The molecule has 154 valence electrons. The van der Waals surface area contributed by atoms with Crippen molar-refractivity contribution in [3.05, 3.63) is 100 Å². The van der Waals surface area contributed by atoms with Crippen molar-refractivity contribution in [3.8, 4) is 11.1 Å². The molecule has 2 atom stereocenters. The van der Waals surface area contributed by atoms with Crippen molar-refractivity contribution < 1.29 is 9.50 Å². The van der Waals surface area contributed by atoms with Gasteiger partial charge in [-0.1, -0.05) is 70.5 Å². The summed E-state index contributed by atoms with van der Waals surface area (Å²) >= 11 is 3.46. The summed E-state index contributed by atoms with van der Waals surface area (Å²) in [6, 6.07) is 23.4. The Balaban J connectivity index is 1.33. The summed E-state index contributed by atoms with van der Waals surface area (Å²) in [5.41, 5.74) is 5.56. The number of rotatable bonds is 6. The lowest BCUT2D eigenvalue weighted by molar-refractivity contribution is 0.159. The molecular formula is C26H25BrFNO. The van der Waals surface area contributed by atoms with Crippen molar-refractivity contribution in [2.45, 2.75) is 31.4 Å². The lowest BCUT2D eigenvalue weighted by Gasteiger charge is -2.25. The fraction of sp³-hybridized carbons (Fsp3) is 0.231. The van der Waals surface area contributed by atoms with Crippen LogP contribution in [0.5, 0.6) is 0 Å². The van der Waals surface area contributed by atoms with E-state index in [9.17, 15) is 9.50 Å². The lowest BCUT2D eigenvalue weighted by Crippen LogP contribution is -2.33. The number of nitrogens with one attached hydrogen (secondary N) is 1. The van der Waals surface area contributed by atoms with E-state index in [0.717, 1.165) is 46.1 Å². The highest BCUT2D eigenvalue weighted by Gasteiger charge is 2.18. The maximum absolute atomic E-state index is 13.2. The van der Waals surface area contributed by atoms with Gasteiger partial charge in [0.25, 0.3) is 0 Å². The number of halogens is 2. The van der Waals surface area contributed by atoms with Gasteiger partial charge in [-0.05, 0) is 71.4 Å². The predicted octanol–water partition coefficient (Wildman–Crippen LogP) is 6.51. The Morgan fingerprint density at radius 3 is 2.17 bits per heavy atom. The molecule has 0 fully saturated rings. The van der Waals surface area contributed by atoms with Crippen LogP contribution in [-0.2, 0) is 0 Å². The van der Waals surface area contributed by atoms with Crippen LogP contribution in [0.15, 0.2) is 83.3 Å². The largest absolute Gasteiger partial charge is 0.388 e. The molecule has 1 heterocycles. The van der Waals surface area contributed by atoms with Crippen molar-refractivity contribution in [1.29, 1.82) is 0 Å². The van der Waals surface area contributed by atoms with Gasteiger partial charge in [0.1, 0.15) is 5.82 Å². The van der Waals surface area contributed by atoms with Crippen LogP contribution in [0.25, 0.3) is 16.7 Å². The van der Waals surface area contributed by atoms with E-state index in [2.05, 4.69) is 51.6 Å². The van der Waals surface area contributed by atoms with Gasteiger partial charge in [0.05, 0.1) is 6.10 Å². The van der Waals surface area contributed by atoms with Gasteiger partial charge in [-0.3, -0.25) is 0 Å². The SMILES string of the molecule is OC(CCC1CC(c2ccc(F)cc2)=CCN1)c1ccc(-c2ccc(Br)cc2)cc1. The molecule has 0 aliphatic carbocycles. The molecule has 0 saturated heterocycles. The molecule has 4 heteroatoms. The van der Waals surface area contributed by atoms with E-state index in [1.807, 2.05) is 36.4 Å². The highest BCUT2D eigenvalue weighted by atomic mass is 79.9. The third-order valence-corrected chi connectivity index (χ3v) is 6.23. The van der Waals surface area contributed by atoms with Crippen LogP contribution in [0.1, 0.15) is 36.5 Å². The molecule has 2 unspecified atom stereocenters. The second kappa shape index (κ2) is 9.69. The monoisotopic (exact) mass is 465 g/mol. The van der Waals surface area contributed by atoms with Crippen molar-refractivity contribution in [2.24, 2.45) is 0 Å². The van der Waals surface area contributed by atoms with Gasteiger partial charge in [-0.2, -0.15) is 0 Å². The van der Waals surface area contributed by atoms with Crippen LogP contribution in [0.3, 0.4) is 0 Å². The Labute approximate surface area is 185 Å². The number of aliphatic hydroxyl groups is 1. The summed E-state index contributed by atoms with van der Waals surface area (Å²) in [6.07, 6.45) is 4.16. The number of benzene rings is 3. The summed E-state index contributed by atoms with van der Waals surface area (Å²) in [7, 11) is 0. The normalized spacial score (nSPS) is 17.4. The zero-order valence-electron chi connectivity index (χ0n) is 16.7. The molecule has 0 amide bonds. The maximum atomic E-state index is 13.2. The standard InChI is InChI=1S/C26H25BrFNO/c27-23-9-5-19(6-10-23)18-1-3-21(4-2-18)26(30)14-13-25-17-22(15-16-29-25)20-7-11-24(28)12-8-20/h1-12,15,25-26,29-30H,13-14,16-17H2. The second-order valence-corrected chi connectivity index (χ2v) is 8.68. The first-order chi connectivity index (χ1) is 14.6. The second-order valence-electron chi connectivity index (χ2n) is 7.77. The first-order valence-corrected chi connectivity index (χ1v) is 11.1. The molecule has 0 bridgehead atoms. The van der Waals surface area contributed by atoms with Crippen molar-refractivity contribution >= 4 is 21.5 Å². The van der Waals surface area contributed by atoms with Crippen molar-refractivity contribution in [3.63, 3.8) is 0 Å². The van der Waals surface area contributed by atoms with Crippen LogP contribution in [0.2, 0.25) is 0 Å². The molecule has 2 nitrogen and oxygen atoms in total. The zero-order valence-corrected chi connectivity index (χ0v) is 18.3. The smallest absolute Gasteiger partial charge is 0.123 e.